The average Bonchev–Trinajstić information content (AvgIpc) is 2.61. The SMILES string of the molecule is Cc1cc(=O)n(CC(=O)Nc2ccc(C)c(C)c2)c(N2CCCCC2)n1. The van der Waals surface area contributed by atoms with Gasteiger partial charge in [0.1, 0.15) is 6.54 Å². The van der Waals surface area contributed by atoms with E-state index >= 15 is 0 Å². The Morgan fingerprint density at radius 1 is 1.08 bits per heavy atom. The molecule has 1 amide bonds. The monoisotopic (exact) mass is 354 g/mol. The molecule has 1 N–H and O–H groups in total. The molecule has 1 aliphatic heterocycles. The maximum Gasteiger partial charge on any atom is 0.255 e. The van der Waals surface area contributed by atoms with Crippen molar-refractivity contribution in [3.63, 3.8) is 0 Å². The molecule has 0 saturated carbocycles. The van der Waals surface area contributed by atoms with Crippen LogP contribution in [0.4, 0.5) is 11.6 Å². The highest BCUT2D eigenvalue weighted by Crippen LogP contribution is 2.18. The van der Waals surface area contributed by atoms with Gasteiger partial charge in [-0.05, 0) is 63.3 Å². The zero-order valence-electron chi connectivity index (χ0n) is 15.7. The van der Waals surface area contributed by atoms with Crippen LogP contribution in [0.3, 0.4) is 0 Å². The third-order valence-electron chi connectivity index (χ3n) is 4.85. The summed E-state index contributed by atoms with van der Waals surface area (Å²) in [5, 5.41) is 2.89. The van der Waals surface area contributed by atoms with Crippen LogP contribution >= 0.6 is 0 Å². The lowest BCUT2D eigenvalue weighted by molar-refractivity contribution is -0.116. The molecule has 0 aliphatic carbocycles. The van der Waals surface area contributed by atoms with Gasteiger partial charge in [0.2, 0.25) is 11.9 Å². The van der Waals surface area contributed by atoms with Crippen molar-refractivity contribution in [1.29, 1.82) is 0 Å². The fourth-order valence-electron chi connectivity index (χ4n) is 3.25. The fraction of sp³-hybridized carbons (Fsp3) is 0.450. The first kappa shape index (κ1) is 18.2. The number of carbonyl (C=O) groups excluding carboxylic acids is 1. The molecule has 1 aliphatic rings. The Morgan fingerprint density at radius 3 is 2.50 bits per heavy atom. The first-order chi connectivity index (χ1) is 12.4. The Kier molecular flexibility index (Phi) is 5.40. The Morgan fingerprint density at radius 2 is 1.81 bits per heavy atom. The number of aromatic nitrogens is 2. The van der Waals surface area contributed by atoms with Crippen LogP contribution in [0.5, 0.6) is 0 Å². The van der Waals surface area contributed by atoms with Crippen LogP contribution in [0.2, 0.25) is 0 Å². The van der Waals surface area contributed by atoms with E-state index < -0.39 is 0 Å². The Balaban J connectivity index is 1.82. The van der Waals surface area contributed by atoms with E-state index in [0.29, 0.717) is 11.6 Å². The lowest BCUT2D eigenvalue weighted by Crippen LogP contribution is -2.38. The second-order valence-corrected chi connectivity index (χ2v) is 7.02. The number of carbonyl (C=O) groups is 1. The molecule has 1 saturated heterocycles. The summed E-state index contributed by atoms with van der Waals surface area (Å²) in [6.07, 6.45) is 3.36. The maximum atomic E-state index is 12.5. The third-order valence-corrected chi connectivity index (χ3v) is 4.85. The molecule has 0 spiro atoms. The van der Waals surface area contributed by atoms with E-state index in [1.165, 1.54) is 22.6 Å². The van der Waals surface area contributed by atoms with Crippen LogP contribution in [0, 0.1) is 20.8 Å². The lowest BCUT2D eigenvalue weighted by atomic mass is 10.1. The molecule has 1 fully saturated rings. The molecule has 3 rings (SSSR count). The summed E-state index contributed by atoms with van der Waals surface area (Å²) in [6, 6.07) is 7.28. The normalized spacial score (nSPS) is 14.3. The molecule has 1 aromatic heterocycles. The fourth-order valence-corrected chi connectivity index (χ4v) is 3.25. The summed E-state index contributed by atoms with van der Waals surface area (Å²) in [4.78, 5) is 31.7. The Labute approximate surface area is 153 Å². The van der Waals surface area contributed by atoms with Crippen LogP contribution in [-0.2, 0) is 11.3 Å². The van der Waals surface area contributed by atoms with Crippen molar-refractivity contribution in [3.05, 3.63) is 51.4 Å². The molecule has 1 aromatic carbocycles. The second kappa shape index (κ2) is 7.72. The summed E-state index contributed by atoms with van der Waals surface area (Å²) >= 11 is 0. The van der Waals surface area contributed by atoms with Crippen molar-refractivity contribution in [3.8, 4) is 0 Å². The van der Waals surface area contributed by atoms with Gasteiger partial charge in [-0.25, -0.2) is 4.98 Å². The number of nitrogens with zero attached hydrogens (tertiary/aromatic N) is 3. The first-order valence-electron chi connectivity index (χ1n) is 9.14. The minimum absolute atomic E-state index is 0.0368. The van der Waals surface area contributed by atoms with Crippen LogP contribution in [0.1, 0.15) is 36.1 Å². The molecule has 6 nitrogen and oxygen atoms in total. The van der Waals surface area contributed by atoms with Gasteiger partial charge in [0.05, 0.1) is 0 Å². The van der Waals surface area contributed by atoms with Gasteiger partial charge in [0.15, 0.2) is 0 Å². The average molecular weight is 354 g/mol. The smallest absolute Gasteiger partial charge is 0.255 e. The van der Waals surface area contributed by atoms with E-state index in [9.17, 15) is 9.59 Å². The lowest BCUT2D eigenvalue weighted by Gasteiger charge is -2.29. The van der Waals surface area contributed by atoms with Gasteiger partial charge in [-0.1, -0.05) is 6.07 Å². The van der Waals surface area contributed by atoms with Gasteiger partial charge in [0, 0.05) is 30.5 Å². The highest BCUT2D eigenvalue weighted by atomic mass is 16.2. The van der Waals surface area contributed by atoms with Gasteiger partial charge in [0.25, 0.3) is 5.56 Å². The first-order valence-corrected chi connectivity index (χ1v) is 9.14. The summed E-state index contributed by atoms with van der Waals surface area (Å²) in [5.74, 6) is 0.379. The predicted molar refractivity (Wildman–Crippen MR) is 104 cm³/mol. The zero-order chi connectivity index (χ0) is 18.7. The number of benzene rings is 1. The van der Waals surface area contributed by atoms with Crippen LogP contribution in [0.15, 0.2) is 29.1 Å². The van der Waals surface area contributed by atoms with E-state index in [2.05, 4.69) is 15.2 Å². The number of nitrogens with one attached hydrogen (secondary N) is 1. The number of amides is 1. The molecule has 0 unspecified atom stereocenters. The van der Waals surface area contributed by atoms with Crippen molar-refractivity contribution < 1.29 is 4.79 Å². The minimum atomic E-state index is -0.223. The van der Waals surface area contributed by atoms with E-state index in [4.69, 9.17) is 0 Å². The molecule has 0 atom stereocenters. The van der Waals surface area contributed by atoms with E-state index in [1.807, 2.05) is 39.0 Å². The number of hydrogen-bond donors (Lipinski definition) is 1. The molecule has 26 heavy (non-hydrogen) atoms. The van der Waals surface area contributed by atoms with Gasteiger partial charge < -0.3 is 10.2 Å². The molecule has 2 aromatic rings. The highest BCUT2D eigenvalue weighted by Gasteiger charge is 2.19. The number of piperidine rings is 1. The molecule has 138 valence electrons. The zero-order valence-corrected chi connectivity index (χ0v) is 15.7. The third kappa shape index (κ3) is 4.12. The minimum Gasteiger partial charge on any atom is -0.342 e. The van der Waals surface area contributed by atoms with Gasteiger partial charge >= 0.3 is 0 Å². The largest absolute Gasteiger partial charge is 0.342 e. The highest BCUT2D eigenvalue weighted by molar-refractivity contribution is 5.90. The summed E-state index contributed by atoms with van der Waals surface area (Å²) in [7, 11) is 0. The van der Waals surface area contributed by atoms with Gasteiger partial charge in [-0.3, -0.25) is 14.2 Å². The molecule has 0 radical (unpaired) electrons. The Hall–Kier alpha value is -2.63. The predicted octanol–water partition coefficient (Wildman–Crippen LogP) is 2.80. The number of rotatable bonds is 4. The molecule has 0 bridgehead atoms. The van der Waals surface area contributed by atoms with E-state index in [1.54, 1.807) is 0 Å². The topological polar surface area (TPSA) is 67.2 Å². The standard InChI is InChI=1S/C20H26N4O2/c1-14-7-8-17(11-15(14)2)22-18(25)13-24-19(26)12-16(3)21-20(24)23-9-5-4-6-10-23/h7-8,11-12H,4-6,9-10,13H2,1-3H3,(H,22,25). The van der Waals surface area contributed by atoms with Crippen molar-refractivity contribution in [1.82, 2.24) is 9.55 Å². The second-order valence-electron chi connectivity index (χ2n) is 7.02. The number of aryl methyl sites for hydroxylation is 3. The van der Waals surface area contributed by atoms with E-state index in [0.717, 1.165) is 37.2 Å². The van der Waals surface area contributed by atoms with Gasteiger partial charge in [-0.15, -0.1) is 0 Å². The summed E-state index contributed by atoms with van der Waals surface area (Å²) in [5.41, 5.74) is 3.53. The van der Waals surface area contributed by atoms with Crippen LogP contribution in [-0.4, -0.2) is 28.5 Å². The van der Waals surface area contributed by atoms with Crippen molar-refractivity contribution in [2.45, 2.75) is 46.6 Å². The van der Waals surface area contributed by atoms with Crippen molar-refractivity contribution in [2.24, 2.45) is 0 Å². The van der Waals surface area contributed by atoms with Crippen molar-refractivity contribution >= 4 is 17.5 Å². The van der Waals surface area contributed by atoms with Crippen LogP contribution in [0.25, 0.3) is 0 Å². The molecular weight excluding hydrogens is 328 g/mol. The summed E-state index contributed by atoms with van der Waals surface area (Å²) < 4.78 is 1.48. The number of anilines is 2. The van der Waals surface area contributed by atoms with Crippen LogP contribution < -0.4 is 15.8 Å². The molecular formula is C20H26N4O2. The maximum absolute atomic E-state index is 12.5. The van der Waals surface area contributed by atoms with Gasteiger partial charge in [-0.2, -0.15) is 0 Å². The number of hydrogen-bond acceptors (Lipinski definition) is 4. The van der Waals surface area contributed by atoms with Crippen molar-refractivity contribution in [2.75, 3.05) is 23.3 Å². The Bertz CT molecular complexity index is 867. The quantitative estimate of drug-likeness (QED) is 0.917. The molecule has 6 heteroatoms. The summed E-state index contributed by atoms with van der Waals surface area (Å²) in [6.45, 7) is 7.56. The molecule has 2 heterocycles. The van der Waals surface area contributed by atoms with E-state index in [-0.39, 0.29) is 18.0 Å².